The normalized spacial score (nSPS) is 14.1. The maximum Gasteiger partial charge on any atom is 0.306 e. The van der Waals surface area contributed by atoms with Crippen molar-refractivity contribution in [2.45, 2.75) is 180 Å². The van der Waals surface area contributed by atoms with Crippen LogP contribution in [0.3, 0.4) is 0 Å². The van der Waals surface area contributed by atoms with Gasteiger partial charge in [0.2, 0.25) is 0 Å². The van der Waals surface area contributed by atoms with Gasteiger partial charge in [-0.1, -0.05) is 203 Å². The van der Waals surface area contributed by atoms with E-state index >= 15 is 0 Å². The van der Waals surface area contributed by atoms with Gasteiger partial charge in [0.05, 0.1) is 40.3 Å². The second-order valence-electron chi connectivity index (χ2n) is 19.5. The number of hydrogen-bond acceptors (Lipinski definition) is 8. The fourth-order valence-electron chi connectivity index (χ4n) is 6.76. The molecule has 2 atom stereocenters. The van der Waals surface area contributed by atoms with Crippen LogP contribution < -0.4 is 5.11 Å². The van der Waals surface area contributed by atoms with Gasteiger partial charge in [-0.05, 0) is 135 Å². The van der Waals surface area contributed by atoms with E-state index in [-0.39, 0.29) is 32.7 Å². The molecule has 9 heteroatoms. The lowest BCUT2D eigenvalue weighted by molar-refractivity contribution is -0.870. The Morgan fingerprint density at radius 1 is 0.390 bits per heavy atom. The van der Waals surface area contributed by atoms with E-state index in [0.29, 0.717) is 23.9 Å². The smallest absolute Gasteiger partial charge is 0.306 e. The molecule has 0 aromatic carbocycles. The van der Waals surface area contributed by atoms with Gasteiger partial charge in [0, 0.05) is 12.8 Å². The number of rotatable bonds is 50. The SMILES string of the molecule is CC/C=C\C/C=C\C/C=C\C/C=C\C/C=C\C/C=C\C/C=C\C/C=C\C/C=C\C/C=C\CCCCC(=O)OC(COC(=O)CCCCC/C=C\C/C=C\C/C=C\C/C=C\C/C=C\CC)COC(OCC[N+](C)(C)C)C(=O)[O-]. The number of aliphatic carboxylic acids is 1. The van der Waals surface area contributed by atoms with Crippen molar-refractivity contribution in [3.05, 3.63) is 182 Å². The first-order chi connectivity index (χ1) is 37.6. The highest BCUT2D eigenvalue weighted by Crippen LogP contribution is 2.10. The quantitative estimate of drug-likeness (QED) is 0.0195. The van der Waals surface area contributed by atoms with Crippen LogP contribution in [0.4, 0.5) is 0 Å². The fourth-order valence-corrected chi connectivity index (χ4v) is 6.76. The minimum absolute atomic E-state index is 0.122. The molecule has 0 rings (SSSR count). The number of carbonyl (C=O) groups excluding carboxylic acids is 3. The molecule has 0 saturated carbocycles. The number of hydrogen-bond donors (Lipinski definition) is 0. The molecule has 0 spiro atoms. The number of esters is 2. The van der Waals surface area contributed by atoms with E-state index in [4.69, 9.17) is 18.9 Å². The van der Waals surface area contributed by atoms with Crippen LogP contribution in [0.1, 0.15) is 168 Å². The van der Waals surface area contributed by atoms with Crippen molar-refractivity contribution >= 4 is 17.9 Å². The van der Waals surface area contributed by atoms with E-state index in [0.717, 1.165) is 128 Å². The van der Waals surface area contributed by atoms with E-state index in [2.05, 4.69) is 196 Å². The Hall–Kier alpha value is -5.61. The molecule has 0 aromatic rings. The Bertz CT molecular complexity index is 1910. The minimum atomic E-state index is -1.66. The highest BCUT2D eigenvalue weighted by atomic mass is 16.7. The second kappa shape index (κ2) is 56.6. The molecule has 0 aliphatic heterocycles. The predicted molar refractivity (Wildman–Crippen MR) is 324 cm³/mol. The Morgan fingerprint density at radius 2 is 0.701 bits per heavy atom. The molecule has 428 valence electrons. The first kappa shape index (κ1) is 71.4. The molecule has 0 amide bonds. The van der Waals surface area contributed by atoms with Gasteiger partial charge in [0.25, 0.3) is 0 Å². The number of quaternary nitrogens is 1. The van der Waals surface area contributed by atoms with Crippen LogP contribution in [0.25, 0.3) is 0 Å². The zero-order chi connectivity index (χ0) is 56.2. The number of carboxylic acid groups (broad SMARTS) is 1. The minimum Gasteiger partial charge on any atom is -0.545 e. The zero-order valence-electron chi connectivity index (χ0n) is 48.5. The third-order valence-corrected chi connectivity index (χ3v) is 11.1. The molecule has 2 unspecified atom stereocenters. The van der Waals surface area contributed by atoms with Crippen LogP contribution in [0.2, 0.25) is 0 Å². The molecular formula is C68H103NO8. The van der Waals surface area contributed by atoms with E-state index in [1.165, 1.54) is 0 Å². The number of ether oxygens (including phenoxy) is 4. The highest BCUT2D eigenvalue weighted by Gasteiger charge is 2.21. The van der Waals surface area contributed by atoms with Gasteiger partial charge in [-0.2, -0.15) is 0 Å². The average molecular weight is 1060 g/mol. The van der Waals surface area contributed by atoms with Crippen molar-refractivity contribution in [1.82, 2.24) is 0 Å². The van der Waals surface area contributed by atoms with Crippen LogP contribution >= 0.6 is 0 Å². The molecule has 77 heavy (non-hydrogen) atoms. The van der Waals surface area contributed by atoms with Crippen LogP contribution in [0, 0.1) is 0 Å². The summed E-state index contributed by atoms with van der Waals surface area (Å²) in [6, 6.07) is 0. The highest BCUT2D eigenvalue weighted by molar-refractivity contribution is 5.70. The van der Waals surface area contributed by atoms with Gasteiger partial charge in [0.1, 0.15) is 13.2 Å². The van der Waals surface area contributed by atoms with E-state index in [9.17, 15) is 19.5 Å². The average Bonchev–Trinajstić information content (AvgIpc) is 3.40. The molecule has 0 fully saturated rings. The van der Waals surface area contributed by atoms with Crippen LogP contribution in [-0.4, -0.2) is 82.3 Å². The summed E-state index contributed by atoms with van der Waals surface area (Å²) in [4.78, 5) is 37.3. The van der Waals surface area contributed by atoms with Crippen molar-refractivity contribution in [1.29, 1.82) is 0 Å². The number of nitrogens with zero attached hydrogens (tertiary/aromatic N) is 1. The summed E-state index contributed by atoms with van der Waals surface area (Å²) in [6.07, 6.45) is 83.7. The van der Waals surface area contributed by atoms with Gasteiger partial charge < -0.3 is 33.3 Å². The van der Waals surface area contributed by atoms with Gasteiger partial charge in [-0.3, -0.25) is 9.59 Å². The van der Waals surface area contributed by atoms with Gasteiger partial charge in [-0.25, -0.2) is 0 Å². The molecule has 0 N–H and O–H groups in total. The summed E-state index contributed by atoms with van der Waals surface area (Å²) in [5.41, 5.74) is 0. The Kier molecular flexibility index (Phi) is 52.5. The summed E-state index contributed by atoms with van der Waals surface area (Å²) in [6.45, 7) is 4.38. The Morgan fingerprint density at radius 3 is 1.04 bits per heavy atom. The second-order valence-corrected chi connectivity index (χ2v) is 19.5. The van der Waals surface area contributed by atoms with Gasteiger partial charge >= 0.3 is 11.9 Å². The summed E-state index contributed by atoms with van der Waals surface area (Å²) >= 11 is 0. The largest absolute Gasteiger partial charge is 0.545 e. The summed E-state index contributed by atoms with van der Waals surface area (Å²) in [7, 11) is 5.87. The van der Waals surface area contributed by atoms with E-state index in [1.807, 2.05) is 21.1 Å². The number of carbonyl (C=O) groups is 3. The molecule has 0 radical (unpaired) electrons. The molecule has 0 aliphatic rings. The maximum atomic E-state index is 12.8. The van der Waals surface area contributed by atoms with Crippen LogP contribution in [0.5, 0.6) is 0 Å². The lowest BCUT2D eigenvalue weighted by Gasteiger charge is -2.26. The molecular weight excluding hydrogens is 959 g/mol. The zero-order valence-corrected chi connectivity index (χ0v) is 48.5. The lowest BCUT2D eigenvalue weighted by Crippen LogP contribution is -2.44. The van der Waals surface area contributed by atoms with Crippen molar-refractivity contribution in [2.75, 3.05) is 47.5 Å². The maximum absolute atomic E-state index is 12.8. The fraction of sp³-hybridized carbons (Fsp3) is 0.515. The number of allylic oxidation sites excluding steroid dienone is 30. The van der Waals surface area contributed by atoms with Crippen molar-refractivity contribution in [3.63, 3.8) is 0 Å². The Balaban J connectivity index is 4.44. The van der Waals surface area contributed by atoms with Gasteiger partial charge in [0.15, 0.2) is 12.4 Å². The number of unbranched alkanes of at least 4 members (excludes halogenated alkanes) is 5. The number of likely N-dealkylation sites (N-methyl/N-ethyl adjacent to an activating group) is 1. The first-order valence-electron chi connectivity index (χ1n) is 28.9. The van der Waals surface area contributed by atoms with Gasteiger partial charge in [-0.15, -0.1) is 0 Å². The molecule has 0 aliphatic carbocycles. The predicted octanol–water partition coefficient (Wildman–Crippen LogP) is 16.0. The molecule has 0 aromatic heterocycles. The molecule has 0 heterocycles. The topological polar surface area (TPSA) is 111 Å². The Labute approximate surface area is 469 Å². The van der Waals surface area contributed by atoms with Crippen LogP contribution in [-0.2, 0) is 33.3 Å². The molecule has 0 bridgehead atoms. The van der Waals surface area contributed by atoms with Crippen molar-refractivity contribution in [2.24, 2.45) is 0 Å². The molecule has 9 nitrogen and oxygen atoms in total. The van der Waals surface area contributed by atoms with Crippen LogP contribution in [0.15, 0.2) is 182 Å². The van der Waals surface area contributed by atoms with E-state index in [1.54, 1.807) is 0 Å². The first-order valence-corrected chi connectivity index (χ1v) is 28.9. The monoisotopic (exact) mass is 1060 g/mol. The molecule has 0 saturated heterocycles. The number of carboxylic acids is 1. The third kappa shape index (κ3) is 57.9. The summed E-state index contributed by atoms with van der Waals surface area (Å²) in [5.74, 6) is -2.42. The summed E-state index contributed by atoms with van der Waals surface area (Å²) < 4.78 is 22.6. The van der Waals surface area contributed by atoms with Crippen molar-refractivity contribution < 1.29 is 42.9 Å². The third-order valence-electron chi connectivity index (χ3n) is 11.1. The lowest BCUT2D eigenvalue weighted by atomic mass is 10.1. The summed E-state index contributed by atoms with van der Waals surface area (Å²) in [5, 5.41) is 11.8. The van der Waals surface area contributed by atoms with Crippen molar-refractivity contribution in [3.8, 4) is 0 Å². The van der Waals surface area contributed by atoms with E-state index < -0.39 is 30.3 Å². The standard InChI is InChI=1S/C68H103NO8/c1-6-8-10-12-14-16-18-20-22-24-26-27-28-29-30-31-32-33-34-35-36-37-38-39-41-43-45-47-49-51-53-55-57-59-66(71)77-64(63-76-68(67(72)73)74-61-60-69(3,4)5)62-75-65(70)58-56-54-52-50-48-46-44-42-40-25-23-21-19-17-15-13-11-9-7-2/h8-11,14-17,20-23,26-27,29-30,32-33,35-36,38-40,42-43,45-46,48-49,51,64,68H,6-7,12-13,18-19,24-25,28,31,34,37,41,44,47,50,52-63H2,1-5H3/b10-8-,11-9-,16-14-,17-15-,22-20-,23-21-,27-26-,30-29-,33-32-,36-35-,39-38-,42-40-,45-43-,48-46-,51-49-.